The van der Waals surface area contributed by atoms with E-state index in [0.29, 0.717) is 0 Å². The minimum absolute atomic E-state index is 0.113. The molecule has 0 aliphatic rings. The second-order valence-corrected chi connectivity index (χ2v) is 3.45. The summed E-state index contributed by atoms with van der Waals surface area (Å²) < 4.78 is 98.4. The molecule has 1 nitrogen and oxygen atoms in total. The molecular formula is C8H9F8N. The van der Waals surface area contributed by atoms with Gasteiger partial charge in [-0.15, -0.1) is 0 Å². The lowest BCUT2D eigenvalue weighted by Crippen LogP contribution is -2.48. The van der Waals surface area contributed by atoms with Crippen LogP contribution in [0.3, 0.4) is 0 Å². The van der Waals surface area contributed by atoms with Gasteiger partial charge in [-0.3, -0.25) is 4.90 Å². The maximum atomic E-state index is 12.9. The number of rotatable bonds is 2. The largest absolute Gasteiger partial charge is 0.484 e. The Hall–Kier alpha value is -1.02. The van der Waals surface area contributed by atoms with Crippen LogP contribution >= 0.6 is 0 Å². The number of halogens is 8. The first kappa shape index (κ1) is 16.0. The molecule has 0 radical (unpaired) electrons. The van der Waals surface area contributed by atoms with Crippen molar-refractivity contribution in [3.8, 4) is 0 Å². The SMILES string of the molecule is CC(C)=C(N(C)C(F)(F)F)C(F)(F)C(F)(F)F. The van der Waals surface area contributed by atoms with E-state index in [2.05, 4.69) is 0 Å². The molecule has 0 aromatic heterocycles. The zero-order valence-electron chi connectivity index (χ0n) is 8.97. The predicted molar refractivity (Wildman–Crippen MR) is 43.2 cm³/mol. The maximum Gasteiger partial charge on any atom is 0.484 e. The van der Waals surface area contributed by atoms with Gasteiger partial charge in [-0.1, -0.05) is 5.57 Å². The van der Waals surface area contributed by atoms with E-state index in [-0.39, 0.29) is 7.05 Å². The highest BCUT2D eigenvalue weighted by molar-refractivity contribution is 5.20. The third-order valence-corrected chi connectivity index (χ3v) is 1.84. The van der Waals surface area contributed by atoms with Crippen molar-refractivity contribution in [2.45, 2.75) is 32.2 Å². The molecule has 0 bridgehead atoms. The minimum Gasteiger partial charge on any atom is -0.284 e. The molecule has 102 valence electrons. The van der Waals surface area contributed by atoms with Crippen molar-refractivity contribution in [1.82, 2.24) is 4.90 Å². The van der Waals surface area contributed by atoms with Crippen molar-refractivity contribution < 1.29 is 35.1 Å². The van der Waals surface area contributed by atoms with Gasteiger partial charge in [0.15, 0.2) is 0 Å². The van der Waals surface area contributed by atoms with Gasteiger partial charge in [-0.25, -0.2) is 0 Å². The Balaban J connectivity index is 5.70. The highest BCUT2D eigenvalue weighted by Gasteiger charge is 2.63. The number of nitrogens with zero attached hydrogens (tertiary/aromatic N) is 1. The van der Waals surface area contributed by atoms with Crippen LogP contribution in [-0.2, 0) is 0 Å². The zero-order valence-corrected chi connectivity index (χ0v) is 8.97. The average molecular weight is 271 g/mol. The van der Waals surface area contributed by atoms with Crippen LogP contribution in [0.15, 0.2) is 11.3 Å². The molecular weight excluding hydrogens is 262 g/mol. The molecule has 0 fully saturated rings. The van der Waals surface area contributed by atoms with Crippen molar-refractivity contribution in [2.75, 3.05) is 7.05 Å². The van der Waals surface area contributed by atoms with Crippen molar-refractivity contribution >= 4 is 0 Å². The van der Waals surface area contributed by atoms with E-state index in [9.17, 15) is 35.1 Å². The Labute approximate surface area is 91.7 Å². The van der Waals surface area contributed by atoms with Gasteiger partial charge in [-0.2, -0.15) is 35.1 Å². The quantitative estimate of drug-likeness (QED) is 0.543. The van der Waals surface area contributed by atoms with Crippen LogP contribution in [0.1, 0.15) is 13.8 Å². The Kier molecular flexibility index (Phi) is 4.08. The Morgan fingerprint density at radius 1 is 0.824 bits per heavy atom. The Bertz CT molecular complexity index is 306. The summed E-state index contributed by atoms with van der Waals surface area (Å²) in [6, 6.07) is 0. The van der Waals surface area contributed by atoms with E-state index >= 15 is 0 Å². The number of alkyl halides is 8. The van der Waals surface area contributed by atoms with Crippen LogP contribution in [0.25, 0.3) is 0 Å². The molecule has 0 aliphatic heterocycles. The molecule has 0 N–H and O–H groups in total. The number of hydrogen-bond donors (Lipinski definition) is 0. The summed E-state index contributed by atoms with van der Waals surface area (Å²) in [6.07, 6.45) is -11.4. The van der Waals surface area contributed by atoms with E-state index in [1.165, 1.54) is 0 Å². The van der Waals surface area contributed by atoms with Gasteiger partial charge in [0.1, 0.15) is 0 Å². The first-order chi connectivity index (χ1) is 7.23. The van der Waals surface area contributed by atoms with E-state index in [1.54, 1.807) is 0 Å². The van der Waals surface area contributed by atoms with Gasteiger partial charge in [0.25, 0.3) is 0 Å². The Morgan fingerprint density at radius 2 is 1.18 bits per heavy atom. The maximum absolute atomic E-state index is 12.9. The molecule has 0 aromatic rings. The number of allylic oxidation sites excluding steroid dienone is 2. The molecule has 0 aromatic carbocycles. The molecule has 0 saturated heterocycles. The molecule has 9 heteroatoms. The van der Waals surface area contributed by atoms with Gasteiger partial charge in [-0.05, 0) is 13.8 Å². The van der Waals surface area contributed by atoms with Crippen LogP contribution in [-0.4, -0.2) is 30.3 Å². The van der Waals surface area contributed by atoms with E-state index in [1.807, 2.05) is 0 Å². The number of hydrogen-bond acceptors (Lipinski definition) is 1. The lowest BCUT2D eigenvalue weighted by Gasteiger charge is -2.32. The molecule has 0 heterocycles. The Morgan fingerprint density at radius 3 is 1.35 bits per heavy atom. The lowest BCUT2D eigenvalue weighted by molar-refractivity contribution is -0.292. The zero-order chi connectivity index (χ0) is 14.2. The molecule has 0 rings (SSSR count). The summed E-state index contributed by atoms with van der Waals surface area (Å²) in [5.41, 5.74) is -2.88. The normalized spacial score (nSPS) is 13.6. The highest BCUT2D eigenvalue weighted by atomic mass is 19.4. The van der Waals surface area contributed by atoms with Crippen molar-refractivity contribution in [2.24, 2.45) is 0 Å². The molecule has 17 heavy (non-hydrogen) atoms. The summed E-state index contributed by atoms with van der Waals surface area (Å²) in [5.74, 6) is -5.56. The highest BCUT2D eigenvalue weighted by Crippen LogP contribution is 2.45. The minimum atomic E-state index is -6.08. The van der Waals surface area contributed by atoms with Crippen LogP contribution in [0.4, 0.5) is 35.1 Å². The van der Waals surface area contributed by atoms with Crippen molar-refractivity contribution in [3.05, 3.63) is 11.3 Å². The summed E-state index contributed by atoms with van der Waals surface area (Å²) in [7, 11) is 0.113. The summed E-state index contributed by atoms with van der Waals surface area (Å²) >= 11 is 0. The fraction of sp³-hybridized carbons (Fsp3) is 0.750. The van der Waals surface area contributed by atoms with E-state index < -0.39 is 34.6 Å². The van der Waals surface area contributed by atoms with Gasteiger partial charge in [0.05, 0.1) is 5.70 Å². The fourth-order valence-corrected chi connectivity index (χ4v) is 1.12. The van der Waals surface area contributed by atoms with Crippen LogP contribution < -0.4 is 0 Å². The van der Waals surface area contributed by atoms with Gasteiger partial charge < -0.3 is 0 Å². The molecule has 0 unspecified atom stereocenters. The summed E-state index contributed by atoms with van der Waals surface area (Å²) in [5, 5.41) is 0. The topological polar surface area (TPSA) is 3.24 Å². The second-order valence-electron chi connectivity index (χ2n) is 3.45. The van der Waals surface area contributed by atoms with Crippen LogP contribution in [0, 0.1) is 0 Å². The second kappa shape index (κ2) is 4.34. The third-order valence-electron chi connectivity index (χ3n) is 1.84. The first-order valence-corrected chi connectivity index (χ1v) is 4.16. The molecule has 0 spiro atoms. The molecule has 0 amide bonds. The monoisotopic (exact) mass is 271 g/mol. The van der Waals surface area contributed by atoms with E-state index in [0.717, 1.165) is 13.8 Å². The molecule has 0 saturated carbocycles. The smallest absolute Gasteiger partial charge is 0.284 e. The summed E-state index contributed by atoms with van der Waals surface area (Å²) in [4.78, 5) is -1.03. The predicted octanol–water partition coefficient (Wildman–Crippen LogP) is 3.93. The van der Waals surface area contributed by atoms with Gasteiger partial charge in [0.2, 0.25) is 0 Å². The molecule has 0 atom stereocenters. The van der Waals surface area contributed by atoms with Crippen LogP contribution in [0.5, 0.6) is 0 Å². The van der Waals surface area contributed by atoms with E-state index in [4.69, 9.17) is 0 Å². The van der Waals surface area contributed by atoms with Gasteiger partial charge in [0, 0.05) is 7.05 Å². The van der Waals surface area contributed by atoms with Crippen molar-refractivity contribution in [3.63, 3.8) is 0 Å². The first-order valence-electron chi connectivity index (χ1n) is 4.16. The van der Waals surface area contributed by atoms with Crippen LogP contribution in [0.2, 0.25) is 0 Å². The third kappa shape index (κ3) is 3.22. The lowest BCUT2D eigenvalue weighted by atomic mass is 10.1. The standard InChI is InChI=1S/C8H9F8N/c1-4(2)5(17(3)8(14,15)16)6(9,10)7(11,12)13/h1-3H3. The van der Waals surface area contributed by atoms with Crippen molar-refractivity contribution in [1.29, 1.82) is 0 Å². The molecule has 0 aliphatic carbocycles. The average Bonchev–Trinajstić information content (AvgIpc) is 1.98. The van der Waals surface area contributed by atoms with Gasteiger partial charge >= 0.3 is 18.4 Å². The summed E-state index contributed by atoms with van der Waals surface area (Å²) in [6.45, 7) is 1.49. The fourth-order valence-electron chi connectivity index (χ4n) is 1.12.